The van der Waals surface area contributed by atoms with E-state index < -0.39 is 0 Å². The Balaban J connectivity index is 1.30. The van der Waals surface area contributed by atoms with Gasteiger partial charge in [-0.25, -0.2) is 9.67 Å². The van der Waals surface area contributed by atoms with Gasteiger partial charge in [0.05, 0.1) is 5.69 Å². The van der Waals surface area contributed by atoms with Crippen LogP contribution in [0.3, 0.4) is 0 Å². The lowest BCUT2D eigenvalue weighted by Crippen LogP contribution is -2.34. The van der Waals surface area contributed by atoms with E-state index in [-0.39, 0.29) is 5.91 Å². The number of nitrogens with one attached hydrogen (secondary N) is 2. The monoisotopic (exact) mass is 483 g/mol. The summed E-state index contributed by atoms with van der Waals surface area (Å²) in [6, 6.07) is 24.1. The molecule has 1 aromatic heterocycles. The van der Waals surface area contributed by atoms with Gasteiger partial charge in [0.25, 0.3) is 0 Å². The second kappa shape index (κ2) is 11.1. The minimum absolute atomic E-state index is 0.118. The van der Waals surface area contributed by atoms with Gasteiger partial charge in [-0.1, -0.05) is 74.0 Å². The fourth-order valence-electron chi connectivity index (χ4n) is 3.75. The van der Waals surface area contributed by atoms with Crippen molar-refractivity contribution in [2.75, 3.05) is 5.32 Å². The normalized spacial score (nSPS) is 10.9. The summed E-state index contributed by atoms with van der Waals surface area (Å²) in [7, 11) is 0. The maximum atomic E-state index is 12.4. The maximum Gasteiger partial charge on any atom is 0.226 e. The second-order valence-corrected chi connectivity index (χ2v) is 9.20. The molecular formula is C28H29N5OS. The lowest BCUT2D eigenvalue weighted by atomic mass is 10.0. The van der Waals surface area contributed by atoms with Gasteiger partial charge >= 0.3 is 0 Å². The maximum absolute atomic E-state index is 12.4. The quantitative estimate of drug-likeness (QED) is 0.325. The SMILES string of the molecule is Cc1ccc(-n2cnc(-c3ccc(CCC(=O)NC(=S)Nc4ccccc4C(C)C)cc3)n2)cc1. The third-order valence-corrected chi connectivity index (χ3v) is 5.93. The predicted molar refractivity (Wildman–Crippen MR) is 145 cm³/mol. The Morgan fingerprint density at radius 1 is 1.00 bits per heavy atom. The van der Waals surface area contributed by atoms with E-state index in [1.54, 1.807) is 11.0 Å². The van der Waals surface area contributed by atoms with E-state index in [2.05, 4.69) is 59.7 Å². The number of carbonyl (C=O) groups is 1. The Morgan fingerprint density at radius 3 is 2.43 bits per heavy atom. The standard InChI is InChI=1S/C28H29N5OS/c1-19(2)24-6-4-5-7-25(24)30-28(35)31-26(34)17-12-21-10-13-22(14-11-21)27-29-18-33(32-27)23-15-8-20(3)9-16-23/h4-11,13-16,18-19H,12,17H2,1-3H3,(H2,30,31,34,35). The molecule has 3 aromatic carbocycles. The molecule has 0 bridgehead atoms. The van der Waals surface area contributed by atoms with Crippen LogP contribution in [0.15, 0.2) is 79.1 Å². The Morgan fingerprint density at radius 2 is 1.71 bits per heavy atom. The smallest absolute Gasteiger partial charge is 0.226 e. The molecule has 0 aliphatic rings. The summed E-state index contributed by atoms with van der Waals surface area (Å²) in [6.45, 7) is 6.30. The topological polar surface area (TPSA) is 71.8 Å². The first-order valence-electron chi connectivity index (χ1n) is 11.7. The van der Waals surface area contributed by atoms with Crippen LogP contribution >= 0.6 is 12.2 Å². The van der Waals surface area contributed by atoms with Crippen molar-refractivity contribution in [3.05, 3.63) is 95.8 Å². The molecule has 35 heavy (non-hydrogen) atoms. The average molecular weight is 484 g/mol. The first-order chi connectivity index (χ1) is 16.9. The number of hydrogen-bond donors (Lipinski definition) is 2. The lowest BCUT2D eigenvalue weighted by molar-refractivity contribution is -0.119. The summed E-state index contributed by atoms with van der Waals surface area (Å²) < 4.78 is 1.77. The minimum atomic E-state index is -0.118. The number of aryl methyl sites for hydroxylation is 2. The number of rotatable bonds is 7. The molecule has 178 valence electrons. The zero-order valence-corrected chi connectivity index (χ0v) is 21.0. The van der Waals surface area contributed by atoms with Gasteiger partial charge < -0.3 is 10.6 Å². The number of benzene rings is 3. The third kappa shape index (κ3) is 6.39. The molecule has 0 saturated heterocycles. The van der Waals surface area contributed by atoms with Crippen molar-refractivity contribution in [3.63, 3.8) is 0 Å². The fraction of sp³-hybridized carbons (Fsp3) is 0.214. The molecule has 1 amide bonds. The van der Waals surface area contributed by atoms with E-state index in [0.29, 0.717) is 29.7 Å². The summed E-state index contributed by atoms with van der Waals surface area (Å²) in [5, 5.41) is 10.8. The number of hydrogen-bond acceptors (Lipinski definition) is 4. The zero-order chi connectivity index (χ0) is 24.8. The van der Waals surface area contributed by atoms with Crippen LogP contribution in [0.1, 0.15) is 42.9 Å². The molecular weight excluding hydrogens is 454 g/mol. The van der Waals surface area contributed by atoms with E-state index in [0.717, 1.165) is 28.1 Å². The highest BCUT2D eigenvalue weighted by Gasteiger charge is 2.10. The van der Waals surface area contributed by atoms with Crippen molar-refractivity contribution in [1.29, 1.82) is 0 Å². The van der Waals surface area contributed by atoms with Crippen molar-refractivity contribution >= 4 is 28.9 Å². The van der Waals surface area contributed by atoms with Crippen LogP contribution in [0.2, 0.25) is 0 Å². The van der Waals surface area contributed by atoms with Gasteiger partial charge in [-0.05, 0) is 60.8 Å². The van der Waals surface area contributed by atoms with E-state index in [4.69, 9.17) is 12.2 Å². The highest BCUT2D eigenvalue weighted by molar-refractivity contribution is 7.80. The van der Waals surface area contributed by atoms with Crippen LogP contribution in [0.5, 0.6) is 0 Å². The first kappa shape index (κ1) is 24.3. The van der Waals surface area contributed by atoms with E-state index in [1.807, 2.05) is 54.6 Å². The van der Waals surface area contributed by atoms with E-state index in [1.165, 1.54) is 5.56 Å². The summed E-state index contributed by atoms with van der Waals surface area (Å²) in [6.07, 6.45) is 2.67. The summed E-state index contributed by atoms with van der Waals surface area (Å²) in [5.41, 5.74) is 6.23. The number of carbonyl (C=O) groups excluding carboxylic acids is 1. The van der Waals surface area contributed by atoms with Crippen molar-refractivity contribution in [3.8, 4) is 17.1 Å². The van der Waals surface area contributed by atoms with Gasteiger partial charge in [-0.3, -0.25) is 4.79 Å². The Labute approximate surface area is 211 Å². The van der Waals surface area contributed by atoms with Crippen molar-refractivity contribution < 1.29 is 4.79 Å². The Bertz CT molecular complexity index is 1310. The van der Waals surface area contributed by atoms with Crippen LogP contribution in [0.25, 0.3) is 17.1 Å². The molecule has 0 atom stereocenters. The summed E-state index contributed by atoms with van der Waals surface area (Å²) in [5.74, 6) is 0.895. The number of thiocarbonyl (C=S) groups is 1. The molecule has 2 N–H and O–H groups in total. The molecule has 1 heterocycles. The van der Waals surface area contributed by atoms with Crippen molar-refractivity contribution in [1.82, 2.24) is 20.1 Å². The van der Waals surface area contributed by atoms with Crippen molar-refractivity contribution in [2.45, 2.75) is 39.5 Å². The van der Waals surface area contributed by atoms with Gasteiger partial charge in [-0.2, -0.15) is 0 Å². The number of anilines is 1. The molecule has 6 nitrogen and oxygen atoms in total. The van der Waals surface area contributed by atoms with Crippen molar-refractivity contribution in [2.24, 2.45) is 0 Å². The third-order valence-electron chi connectivity index (χ3n) is 5.73. The zero-order valence-electron chi connectivity index (χ0n) is 20.2. The lowest BCUT2D eigenvalue weighted by Gasteiger charge is -2.15. The Kier molecular flexibility index (Phi) is 7.67. The summed E-state index contributed by atoms with van der Waals surface area (Å²) in [4.78, 5) is 16.9. The Hall–Kier alpha value is -3.84. The minimum Gasteiger partial charge on any atom is -0.332 e. The molecule has 4 aromatic rings. The van der Waals surface area contributed by atoms with Gasteiger partial charge in [-0.15, -0.1) is 5.10 Å². The van der Waals surface area contributed by atoms with E-state index in [9.17, 15) is 4.79 Å². The number of nitrogens with zero attached hydrogens (tertiary/aromatic N) is 3. The predicted octanol–water partition coefficient (Wildman–Crippen LogP) is 5.81. The average Bonchev–Trinajstić information content (AvgIpc) is 3.34. The van der Waals surface area contributed by atoms with Crippen LogP contribution in [-0.2, 0) is 11.2 Å². The molecule has 0 spiro atoms. The highest BCUT2D eigenvalue weighted by Crippen LogP contribution is 2.23. The molecule has 7 heteroatoms. The molecule has 0 aliphatic heterocycles. The first-order valence-corrected chi connectivity index (χ1v) is 12.1. The number of amides is 1. The molecule has 0 radical (unpaired) electrons. The van der Waals surface area contributed by atoms with Crippen LogP contribution in [0.4, 0.5) is 5.69 Å². The van der Waals surface area contributed by atoms with Gasteiger partial charge in [0, 0.05) is 17.7 Å². The van der Waals surface area contributed by atoms with Crippen LogP contribution in [-0.4, -0.2) is 25.8 Å². The van der Waals surface area contributed by atoms with Gasteiger partial charge in [0.1, 0.15) is 6.33 Å². The second-order valence-electron chi connectivity index (χ2n) is 8.79. The molecule has 0 aliphatic carbocycles. The van der Waals surface area contributed by atoms with Gasteiger partial charge in [0.2, 0.25) is 5.91 Å². The highest BCUT2D eigenvalue weighted by atomic mass is 32.1. The summed E-state index contributed by atoms with van der Waals surface area (Å²) >= 11 is 5.35. The number of aromatic nitrogens is 3. The fourth-order valence-corrected chi connectivity index (χ4v) is 3.98. The molecule has 0 unspecified atom stereocenters. The van der Waals surface area contributed by atoms with E-state index >= 15 is 0 Å². The largest absolute Gasteiger partial charge is 0.332 e. The van der Waals surface area contributed by atoms with Crippen LogP contribution < -0.4 is 10.6 Å². The van der Waals surface area contributed by atoms with Crippen LogP contribution in [0, 0.1) is 6.92 Å². The molecule has 0 saturated carbocycles. The molecule has 0 fully saturated rings. The molecule has 4 rings (SSSR count). The van der Waals surface area contributed by atoms with Gasteiger partial charge in [0.15, 0.2) is 10.9 Å². The number of para-hydroxylation sites is 1.